The van der Waals surface area contributed by atoms with Crippen molar-refractivity contribution in [3.8, 4) is 5.88 Å². The SMILES string of the molecule is Cc1nc(OCCNC(=O)c2ccc(C(C)(C)C)cc2)cc(N2CCCCC2)n1. The van der Waals surface area contributed by atoms with Gasteiger partial charge in [0.2, 0.25) is 5.88 Å². The maximum atomic E-state index is 12.3. The van der Waals surface area contributed by atoms with Crippen LogP contribution in [0.15, 0.2) is 30.3 Å². The van der Waals surface area contributed by atoms with Gasteiger partial charge < -0.3 is 15.0 Å². The second kappa shape index (κ2) is 9.25. The highest BCUT2D eigenvalue weighted by atomic mass is 16.5. The molecular formula is C23H32N4O2. The molecule has 0 atom stereocenters. The molecule has 6 heteroatoms. The first kappa shape index (κ1) is 21.1. The van der Waals surface area contributed by atoms with Gasteiger partial charge in [-0.25, -0.2) is 4.98 Å². The summed E-state index contributed by atoms with van der Waals surface area (Å²) in [6.45, 7) is 11.2. The molecule has 0 aliphatic carbocycles. The van der Waals surface area contributed by atoms with Crippen molar-refractivity contribution < 1.29 is 9.53 Å². The predicted octanol–water partition coefficient (Wildman–Crippen LogP) is 3.88. The lowest BCUT2D eigenvalue weighted by Crippen LogP contribution is -2.30. The minimum absolute atomic E-state index is 0.0750. The van der Waals surface area contributed by atoms with E-state index in [0.29, 0.717) is 30.4 Å². The lowest BCUT2D eigenvalue weighted by molar-refractivity contribution is 0.0946. The predicted molar refractivity (Wildman–Crippen MR) is 116 cm³/mol. The number of amides is 1. The van der Waals surface area contributed by atoms with E-state index in [1.54, 1.807) is 0 Å². The number of carbonyl (C=O) groups excluding carboxylic acids is 1. The highest BCUT2D eigenvalue weighted by Crippen LogP contribution is 2.22. The molecule has 2 aromatic rings. The fourth-order valence-corrected chi connectivity index (χ4v) is 3.43. The summed E-state index contributed by atoms with van der Waals surface area (Å²) < 4.78 is 5.78. The summed E-state index contributed by atoms with van der Waals surface area (Å²) >= 11 is 0. The average molecular weight is 397 g/mol. The average Bonchev–Trinajstić information content (AvgIpc) is 2.71. The number of benzene rings is 1. The van der Waals surface area contributed by atoms with Crippen LogP contribution in [0.1, 0.15) is 61.8 Å². The summed E-state index contributed by atoms with van der Waals surface area (Å²) in [7, 11) is 0. The van der Waals surface area contributed by atoms with Gasteiger partial charge in [0.15, 0.2) is 0 Å². The van der Waals surface area contributed by atoms with Crippen LogP contribution in [0, 0.1) is 6.92 Å². The van der Waals surface area contributed by atoms with Crippen LogP contribution in [0.3, 0.4) is 0 Å². The molecule has 29 heavy (non-hydrogen) atoms. The molecule has 1 amide bonds. The maximum Gasteiger partial charge on any atom is 0.251 e. The third kappa shape index (κ3) is 5.92. The van der Waals surface area contributed by atoms with Gasteiger partial charge in [-0.05, 0) is 49.3 Å². The van der Waals surface area contributed by atoms with Crippen LogP contribution in [0.5, 0.6) is 5.88 Å². The zero-order chi connectivity index (χ0) is 20.9. The maximum absolute atomic E-state index is 12.3. The number of anilines is 1. The second-order valence-corrected chi connectivity index (χ2v) is 8.59. The quantitative estimate of drug-likeness (QED) is 0.751. The van der Waals surface area contributed by atoms with Crippen molar-refractivity contribution in [3.05, 3.63) is 47.3 Å². The molecule has 0 radical (unpaired) electrons. The smallest absolute Gasteiger partial charge is 0.251 e. The highest BCUT2D eigenvalue weighted by molar-refractivity contribution is 5.94. The van der Waals surface area contributed by atoms with E-state index in [0.717, 1.165) is 18.9 Å². The number of rotatable bonds is 6. The number of nitrogens with zero attached hydrogens (tertiary/aromatic N) is 3. The number of ether oxygens (including phenoxy) is 1. The third-order valence-electron chi connectivity index (χ3n) is 5.13. The van der Waals surface area contributed by atoms with Gasteiger partial charge in [0.1, 0.15) is 18.2 Å². The molecule has 1 fully saturated rings. The van der Waals surface area contributed by atoms with E-state index < -0.39 is 0 Å². The van der Waals surface area contributed by atoms with E-state index in [9.17, 15) is 4.79 Å². The van der Waals surface area contributed by atoms with Gasteiger partial charge in [-0.2, -0.15) is 4.98 Å². The number of piperidine rings is 1. The van der Waals surface area contributed by atoms with Crippen LogP contribution < -0.4 is 15.0 Å². The molecule has 1 N–H and O–H groups in total. The molecule has 1 aliphatic rings. The van der Waals surface area contributed by atoms with Crippen molar-refractivity contribution in [1.82, 2.24) is 15.3 Å². The Morgan fingerprint density at radius 3 is 2.45 bits per heavy atom. The van der Waals surface area contributed by atoms with E-state index in [4.69, 9.17) is 4.74 Å². The van der Waals surface area contributed by atoms with E-state index in [1.807, 2.05) is 37.3 Å². The Balaban J connectivity index is 1.50. The largest absolute Gasteiger partial charge is 0.476 e. The van der Waals surface area contributed by atoms with Gasteiger partial charge in [-0.1, -0.05) is 32.9 Å². The lowest BCUT2D eigenvalue weighted by Gasteiger charge is -2.28. The summed E-state index contributed by atoms with van der Waals surface area (Å²) in [4.78, 5) is 23.5. The van der Waals surface area contributed by atoms with Gasteiger partial charge in [0, 0.05) is 24.7 Å². The molecule has 1 aromatic heterocycles. The number of hydrogen-bond donors (Lipinski definition) is 1. The van der Waals surface area contributed by atoms with Crippen molar-refractivity contribution in [2.24, 2.45) is 0 Å². The van der Waals surface area contributed by atoms with E-state index >= 15 is 0 Å². The Morgan fingerprint density at radius 1 is 1.10 bits per heavy atom. The molecule has 6 nitrogen and oxygen atoms in total. The molecule has 156 valence electrons. The zero-order valence-electron chi connectivity index (χ0n) is 18.0. The Labute approximate surface area is 173 Å². The van der Waals surface area contributed by atoms with Crippen LogP contribution in [0.4, 0.5) is 5.82 Å². The summed E-state index contributed by atoms with van der Waals surface area (Å²) in [5.74, 6) is 2.09. The Morgan fingerprint density at radius 2 is 1.79 bits per heavy atom. The fraction of sp³-hybridized carbons (Fsp3) is 0.522. The van der Waals surface area contributed by atoms with Crippen molar-refractivity contribution >= 4 is 11.7 Å². The molecular weight excluding hydrogens is 364 g/mol. The third-order valence-corrected chi connectivity index (χ3v) is 5.13. The van der Waals surface area contributed by atoms with Gasteiger partial charge in [-0.3, -0.25) is 4.79 Å². The Bertz CT molecular complexity index is 822. The highest BCUT2D eigenvalue weighted by Gasteiger charge is 2.15. The topological polar surface area (TPSA) is 67.3 Å². The molecule has 2 heterocycles. The minimum atomic E-state index is -0.0954. The molecule has 0 unspecified atom stereocenters. The molecule has 1 aromatic carbocycles. The van der Waals surface area contributed by atoms with Crippen molar-refractivity contribution in [2.45, 2.75) is 52.4 Å². The molecule has 0 saturated carbocycles. The number of hydrogen-bond acceptors (Lipinski definition) is 5. The van der Waals surface area contributed by atoms with Gasteiger partial charge in [-0.15, -0.1) is 0 Å². The molecule has 1 aliphatic heterocycles. The fourth-order valence-electron chi connectivity index (χ4n) is 3.43. The first-order chi connectivity index (χ1) is 13.8. The van der Waals surface area contributed by atoms with Crippen LogP contribution in [0.2, 0.25) is 0 Å². The first-order valence-corrected chi connectivity index (χ1v) is 10.4. The van der Waals surface area contributed by atoms with Gasteiger partial charge in [0.05, 0.1) is 6.54 Å². The normalized spacial score (nSPS) is 14.6. The zero-order valence-corrected chi connectivity index (χ0v) is 18.0. The number of aryl methyl sites for hydroxylation is 1. The lowest BCUT2D eigenvalue weighted by atomic mass is 9.87. The van der Waals surface area contributed by atoms with E-state index in [1.165, 1.54) is 24.8 Å². The first-order valence-electron chi connectivity index (χ1n) is 10.4. The monoisotopic (exact) mass is 396 g/mol. The van der Waals surface area contributed by atoms with Crippen molar-refractivity contribution in [1.29, 1.82) is 0 Å². The number of carbonyl (C=O) groups is 1. The number of nitrogens with one attached hydrogen (secondary N) is 1. The van der Waals surface area contributed by atoms with Crippen molar-refractivity contribution in [3.63, 3.8) is 0 Å². The second-order valence-electron chi connectivity index (χ2n) is 8.59. The van der Waals surface area contributed by atoms with Crippen LogP contribution in [-0.4, -0.2) is 42.1 Å². The van der Waals surface area contributed by atoms with Crippen LogP contribution in [-0.2, 0) is 5.41 Å². The van der Waals surface area contributed by atoms with Gasteiger partial charge >= 0.3 is 0 Å². The summed E-state index contributed by atoms with van der Waals surface area (Å²) in [6, 6.07) is 9.66. The standard InChI is InChI=1S/C23H32N4O2/c1-17-25-20(27-13-6-5-7-14-27)16-21(26-17)29-15-12-24-22(28)18-8-10-19(11-9-18)23(2,3)4/h8-11,16H,5-7,12-15H2,1-4H3,(H,24,28). The Hall–Kier alpha value is -2.63. The summed E-state index contributed by atoms with van der Waals surface area (Å²) in [5, 5.41) is 2.90. The Kier molecular flexibility index (Phi) is 6.72. The molecule has 3 rings (SSSR count). The summed E-state index contributed by atoms with van der Waals surface area (Å²) in [5.41, 5.74) is 1.94. The number of aromatic nitrogens is 2. The van der Waals surface area contributed by atoms with Gasteiger partial charge in [0.25, 0.3) is 5.91 Å². The van der Waals surface area contributed by atoms with E-state index in [2.05, 4.69) is 41.0 Å². The minimum Gasteiger partial charge on any atom is -0.476 e. The van der Waals surface area contributed by atoms with Crippen LogP contribution in [0.25, 0.3) is 0 Å². The molecule has 0 spiro atoms. The molecule has 1 saturated heterocycles. The van der Waals surface area contributed by atoms with Crippen LogP contribution >= 0.6 is 0 Å². The van der Waals surface area contributed by atoms with E-state index in [-0.39, 0.29) is 11.3 Å². The molecule has 0 bridgehead atoms. The van der Waals surface area contributed by atoms with Crippen molar-refractivity contribution in [2.75, 3.05) is 31.1 Å². The summed E-state index contributed by atoms with van der Waals surface area (Å²) in [6.07, 6.45) is 3.67.